The first-order valence-corrected chi connectivity index (χ1v) is 14.5. The Morgan fingerprint density at radius 3 is 2.68 bits per heavy atom. The molecule has 0 radical (unpaired) electrons. The molecule has 8 heteroatoms. The minimum atomic E-state index is -0.0876. The van der Waals surface area contributed by atoms with Crippen molar-refractivity contribution in [2.24, 2.45) is 5.92 Å². The minimum Gasteiger partial charge on any atom is -0.349 e. The zero-order valence-electron chi connectivity index (χ0n) is 22.2. The number of imidazole rings is 1. The Balaban J connectivity index is 1.38. The molecule has 37 heavy (non-hydrogen) atoms. The quantitative estimate of drug-likeness (QED) is 0.225. The number of aromatic nitrogens is 4. The predicted octanol–water partition coefficient (Wildman–Crippen LogP) is 6.70. The maximum atomic E-state index is 13.4. The van der Waals surface area contributed by atoms with Crippen LogP contribution >= 0.6 is 11.3 Å². The fourth-order valence-corrected chi connectivity index (χ4v) is 5.84. The summed E-state index contributed by atoms with van der Waals surface area (Å²) in [4.78, 5) is 24.3. The standard InChI is InChI=1S/C29H37N5O2S/c1-5-22(6-2)34-25-12-11-20(15-24(25)31-27(34)17-23-8-7-13-37-23)28(35)30-21(14-18(3)4)16-26-32-29(36-33-26)19-9-10-19/h7-8,11-13,15,18-19,21-22H,5-6,9-10,14,16-17H2,1-4H3,(H,30,35)/t21-/m0/s1. The molecule has 0 saturated heterocycles. The number of thiophene rings is 1. The van der Waals surface area contributed by atoms with Crippen LogP contribution in [0.4, 0.5) is 0 Å². The number of fused-ring (bicyclic) bond motifs is 1. The van der Waals surface area contributed by atoms with Gasteiger partial charge >= 0.3 is 0 Å². The van der Waals surface area contributed by atoms with Crippen LogP contribution in [0.2, 0.25) is 0 Å². The van der Waals surface area contributed by atoms with E-state index in [0.717, 1.165) is 61.3 Å². The summed E-state index contributed by atoms with van der Waals surface area (Å²) in [6.45, 7) is 8.78. The van der Waals surface area contributed by atoms with E-state index in [2.05, 4.69) is 71.3 Å². The fraction of sp³-hybridized carbons (Fsp3) is 0.517. The smallest absolute Gasteiger partial charge is 0.251 e. The average molecular weight is 520 g/mol. The number of hydrogen-bond acceptors (Lipinski definition) is 6. The highest BCUT2D eigenvalue weighted by molar-refractivity contribution is 7.09. The molecule has 5 rings (SSSR count). The predicted molar refractivity (Wildman–Crippen MR) is 147 cm³/mol. The Bertz CT molecular complexity index is 1330. The van der Waals surface area contributed by atoms with Gasteiger partial charge in [-0.15, -0.1) is 11.3 Å². The van der Waals surface area contributed by atoms with E-state index in [4.69, 9.17) is 9.51 Å². The van der Waals surface area contributed by atoms with Crippen molar-refractivity contribution in [3.05, 3.63) is 63.7 Å². The molecule has 3 heterocycles. The number of carbonyl (C=O) groups excluding carboxylic acids is 1. The Hall–Kier alpha value is -3.00. The number of amides is 1. The number of nitrogens with zero attached hydrogens (tertiary/aromatic N) is 4. The van der Waals surface area contributed by atoms with Crippen LogP contribution in [0.3, 0.4) is 0 Å². The topological polar surface area (TPSA) is 85.8 Å². The Morgan fingerprint density at radius 2 is 2.00 bits per heavy atom. The van der Waals surface area contributed by atoms with Crippen molar-refractivity contribution in [2.75, 3.05) is 0 Å². The first-order valence-electron chi connectivity index (χ1n) is 13.6. The molecule has 1 atom stereocenters. The number of carbonyl (C=O) groups is 1. The van der Waals surface area contributed by atoms with Gasteiger partial charge in [-0.3, -0.25) is 4.79 Å². The molecule has 0 unspecified atom stereocenters. The molecule has 1 amide bonds. The van der Waals surface area contributed by atoms with Crippen molar-refractivity contribution >= 4 is 28.3 Å². The highest BCUT2D eigenvalue weighted by Gasteiger charge is 2.30. The van der Waals surface area contributed by atoms with Crippen LogP contribution in [0.15, 0.2) is 40.2 Å². The molecule has 1 N–H and O–H groups in total. The Kier molecular flexibility index (Phi) is 7.74. The monoisotopic (exact) mass is 519 g/mol. The van der Waals surface area contributed by atoms with Crippen LogP contribution in [0.1, 0.15) is 105 Å². The third kappa shape index (κ3) is 5.95. The van der Waals surface area contributed by atoms with Crippen molar-refractivity contribution in [3.8, 4) is 0 Å². The molecular weight excluding hydrogens is 482 g/mol. The van der Waals surface area contributed by atoms with Crippen molar-refractivity contribution in [3.63, 3.8) is 0 Å². The van der Waals surface area contributed by atoms with E-state index in [0.29, 0.717) is 35.7 Å². The highest BCUT2D eigenvalue weighted by Crippen LogP contribution is 2.39. The maximum Gasteiger partial charge on any atom is 0.251 e. The lowest BCUT2D eigenvalue weighted by atomic mass is 10.00. The van der Waals surface area contributed by atoms with E-state index in [9.17, 15) is 4.79 Å². The van der Waals surface area contributed by atoms with Gasteiger partial charge in [-0.05, 0) is 67.7 Å². The molecule has 1 aromatic carbocycles. The van der Waals surface area contributed by atoms with Gasteiger partial charge in [0, 0.05) is 41.3 Å². The van der Waals surface area contributed by atoms with Gasteiger partial charge in [-0.1, -0.05) is 38.9 Å². The zero-order chi connectivity index (χ0) is 25.9. The second-order valence-corrected chi connectivity index (χ2v) is 11.7. The van der Waals surface area contributed by atoms with Crippen molar-refractivity contribution in [1.29, 1.82) is 0 Å². The molecule has 4 aromatic rings. The van der Waals surface area contributed by atoms with Gasteiger partial charge in [-0.25, -0.2) is 4.98 Å². The molecule has 1 fully saturated rings. The Labute approximate surface area is 222 Å². The van der Waals surface area contributed by atoms with Crippen molar-refractivity contribution in [2.45, 2.75) is 90.6 Å². The van der Waals surface area contributed by atoms with Gasteiger partial charge in [0.15, 0.2) is 5.82 Å². The normalized spacial score (nSPS) is 14.6. The summed E-state index contributed by atoms with van der Waals surface area (Å²) >= 11 is 1.76. The molecule has 1 aliphatic carbocycles. The average Bonchev–Trinajstić information content (AvgIpc) is 3.24. The maximum absolute atomic E-state index is 13.4. The summed E-state index contributed by atoms with van der Waals surface area (Å²) in [5.41, 5.74) is 2.60. The molecule has 0 spiro atoms. The molecule has 196 valence electrons. The van der Waals surface area contributed by atoms with Gasteiger partial charge in [0.1, 0.15) is 5.82 Å². The van der Waals surface area contributed by atoms with Crippen molar-refractivity contribution in [1.82, 2.24) is 25.0 Å². The van der Waals surface area contributed by atoms with E-state index in [1.807, 2.05) is 12.1 Å². The highest BCUT2D eigenvalue weighted by atomic mass is 32.1. The third-order valence-corrected chi connectivity index (χ3v) is 8.05. The van der Waals surface area contributed by atoms with E-state index in [1.165, 1.54) is 4.88 Å². The van der Waals surface area contributed by atoms with E-state index >= 15 is 0 Å². The SMILES string of the molecule is CCC(CC)n1c(Cc2cccs2)nc2cc(C(=O)N[C@H](Cc3noc(C4CC4)n3)CC(C)C)ccc21. The van der Waals surface area contributed by atoms with Crippen LogP contribution in [0, 0.1) is 5.92 Å². The minimum absolute atomic E-state index is 0.0654. The van der Waals surface area contributed by atoms with Gasteiger partial charge in [0.2, 0.25) is 5.89 Å². The van der Waals surface area contributed by atoms with E-state index in [-0.39, 0.29) is 11.9 Å². The summed E-state index contributed by atoms with van der Waals surface area (Å²) in [7, 11) is 0. The van der Waals surface area contributed by atoms with Crippen LogP contribution in [-0.2, 0) is 12.8 Å². The fourth-order valence-electron chi connectivity index (χ4n) is 5.14. The molecular formula is C29H37N5O2S. The summed E-state index contributed by atoms with van der Waals surface area (Å²) in [5, 5.41) is 9.52. The van der Waals surface area contributed by atoms with Crippen LogP contribution in [0.5, 0.6) is 0 Å². The number of hydrogen-bond donors (Lipinski definition) is 1. The van der Waals surface area contributed by atoms with Gasteiger partial charge in [0.05, 0.1) is 11.0 Å². The second kappa shape index (κ2) is 11.2. The number of benzene rings is 1. The zero-order valence-corrected chi connectivity index (χ0v) is 23.1. The van der Waals surface area contributed by atoms with Gasteiger partial charge < -0.3 is 14.4 Å². The summed E-state index contributed by atoms with van der Waals surface area (Å²) in [6.07, 6.45) is 6.53. The van der Waals surface area contributed by atoms with Gasteiger partial charge in [0.25, 0.3) is 5.91 Å². The molecule has 0 bridgehead atoms. The lowest BCUT2D eigenvalue weighted by molar-refractivity contribution is 0.0931. The van der Waals surface area contributed by atoms with Crippen LogP contribution in [-0.4, -0.2) is 31.6 Å². The number of nitrogens with one attached hydrogen (secondary N) is 1. The lowest BCUT2D eigenvalue weighted by Crippen LogP contribution is -2.37. The molecule has 3 aromatic heterocycles. The van der Waals surface area contributed by atoms with Crippen LogP contribution in [0.25, 0.3) is 11.0 Å². The first kappa shape index (κ1) is 25.6. The summed E-state index contributed by atoms with van der Waals surface area (Å²) in [5.74, 6) is 3.24. The van der Waals surface area contributed by atoms with E-state index in [1.54, 1.807) is 11.3 Å². The van der Waals surface area contributed by atoms with E-state index < -0.39 is 0 Å². The van der Waals surface area contributed by atoms with Crippen molar-refractivity contribution < 1.29 is 9.32 Å². The number of rotatable bonds is 12. The molecule has 0 aliphatic heterocycles. The largest absolute Gasteiger partial charge is 0.349 e. The molecule has 1 aliphatic rings. The van der Waals surface area contributed by atoms with Crippen LogP contribution < -0.4 is 5.32 Å². The summed E-state index contributed by atoms with van der Waals surface area (Å²) < 4.78 is 7.82. The summed E-state index contributed by atoms with van der Waals surface area (Å²) in [6, 6.07) is 10.5. The molecule has 1 saturated carbocycles. The van der Waals surface area contributed by atoms with Gasteiger partial charge in [-0.2, -0.15) is 4.98 Å². The third-order valence-electron chi connectivity index (χ3n) is 7.18. The first-order chi connectivity index (χ1) is 17.9. The molecule has 7 nitrogen and oxygen atoms in total. The lowest BCUT2D eigenvalue weighted by Gasteiger charge is -2.20. The Morgan fingerprint density at radius 1 is 1.19 bits per heavy atom. The second-order valence-electron chi connectivity index (χ2n) is 10.7.